The zero-order valence-corrected chi connectivity index (χ0v) is 16.3. The maximum atomic E-state index is 12.6. The fourth-order valence-corrected chi connectivity index (χ4v) is 3.66. The third-order valence-corrected chi connectivity index (χ3v) is 4.99. The van der Waals surface area contributed by atoms with Crippen LogP contribution in [0.15, 0.2) is 47.0 Å². The summed E-state index contributed by atoms with van der Waals surface area (Å²) in [6, 6.07) is 13.7. The summed E-state index contributed by atoms with van der Waals surface area (Å²) >= 11 is 0. The molecule has 1 saturated heterocycles. The summed E-state index contributed by atoms with van der Waals surface area (Å²) in [4.78, 5) is 19.0. The molecule has 2 heterocycles. The lowest BCUT2D eigenvalue weighted by Crippen LogP contribution is -2.25. The predicted octanol–water partition coefficient (Wildman–Crippen LogP) is 4.27. The SMILES string of the molecule is CCOc1ccccc1-c1noc(C2CC(=O)N(c3ccc(C)cc3C)C2)n1. The summed E-state index contributed by atoms with van der Waals surface area (Å²) < 4.78 is 11.2. The van der Waals surface area contributed by atoms with Crippen molar-refractivity contribution < 1.29 is 14.1 Å². The van der Waals surface area contributed by atoms with Gasteiger partial charge in [-0.15, -0.1) is 0 Å². The highest BCUT2D eigenvalue weighted by Crippen LogP contribution is 2.34. The van der Waals surface area contributed by atoms with Crippen LogP contribution >= 0.6 is 0 Å². The molecule has 0 aliphatic carbocycles. The summed E-state index contributed by atoms with van der Waals surface area (Å²) in [7, 11) is 0. The molecule has 1 amide bonds. The highest BCUT2D eigenvalue weighted by Gasteiger charge is 2.35. The van der Waals surface area contributed by atoms with Gasteiger partial charge >= 0.3 is 0 Å². The van der Waals surface area contributed by atoms with E-state index in [1.54, 1.807) is 0 Å². The third-order valence-electron chi connectivity index (χ3n) is 4.99. The van der Waals surface area contributed by atoms with Gasteiger partial charge in [0.25, 0.3) is 0 Å². The first kappa shape index (κ1) is 18.2. The monoisotopic (exact) mass is 377 g/mol. The number of rotatable bonds is 5. The third kappa shape index (κ3) is 3.38. The van der Waals surface area contributed by atoms with E-state index in [9.17, 15) is 4.79 Å². The predicted molar refractivity (Wildman–Crippen MR) is 107 cm³/mol. The second-order valence-corrected chi connectivity index (χ2v) is 7.08. The number of para-hydroxylation sites is 1. The quantitative estimate of drug-likeness (QED) is 0.664. The Labute approximate surface area is 164 Å². The van der Waals surface area contributed by atoms with Gasteiger partial charge in [-0.2, -0.15) is 4.98 Å². The van der Waals surface area contributed by atoms with Gasteiger partial charge in [-0.3, -0.25) is 4.79 Å². The minimum Gasteiger partial charge on any atom is -0.493 e. The molecule has 0 saturated carbocycles. The Hall–Kier alpha value is -3.15. The number of benzene rings is 2. The van der Waals surface area contributed by atoms with E-state index in [1.165, 1.54) is 5.56 Å². The highest BCUT2D eigenvalue weighted by molar-refractivity contribution is 5.97. The topological polar surface area (TPSA) is 68.5 Å². The Morgan fingerprint density at radius 1 is 1.21 bits per heavy atom. The van der Waals surface area contributed by atoms with Gasteiger partial charge in [0.15, 0.2) is 0 Å². The molecule has 0 radical (unpaired) electrons. The minimum absolute atomic E-state index is 0.0754. The van der Waals surface area contributed by atoms with Crippen molar-refractivity contribution in [1.29, 1.82) is 0 Å². The van der Waals surface area contributed by atoms with E-state index in [0.29, 0.717) is 31.3 Å². The summed E-state index contributed by atoms with van der Waals surface area (Å²) in [5.74, 6) is 1.65. The van der Waals surface area contributed by atoms with Crippen LogP contribution in [0, 0.1) is 13.8 Å². The summed E-state index contributed by atoms with van der Waals surface area (Å²) in [5.41, 5.74) is 4.00. The molecule has 28 heavy (non-hydrogen) atoms. The summed E-state index contributed by atoms with van der Waals surface area (Å²) in [6.45, 7) is 7.11. The first-order valence-electron chi connectivity index (χ1n) is 9.50. The molecule has 6 heteroatoms. The first-order chi connectivity index (χ1) is 13.6. The number of amides is 1. The number of nitrogens with zero attached hydrogens (tertiary/aromatic N) is 3. The molecule has 4 rings (SSSR count). The minimum atomic E-state index is -0.117. The lowest BCUT2D eigenvalue weighted by molar-refractivity contribution is -0.117. The van der Waals surface area contributed by atoms with E-state index in [1.807, 2.05) is 62.1 Å². The van der Waals surface area contributed by atoms with Crippen LogP contribution in [0.25, 0.3) is 11.4 Å². The van der Waals surface area contributed by atoms with Gasteiger partial charge in [0, 0.05) is 18.7 Å². The molecule has 1 aromatic heterocycles. The van der Waals surface area contributed by atoms with Gasteiger partial charge < -0.3 is 14.2 Å². The number of carbonyl (C=O) groups excluding carboxylic acids is 1. The van der Waals surface area contributed by atoms with Gasteiger partial charge in [0.05, 0.1) is 18.1 Å². The average molecular weight is 377 g/mol. The summed E-state index contributed by atoms with van der Waals surface area (Å²) in [5, 5.41) is 4.13. The standard InChI is InChI=1S/C22H23N3O3/c1-4-27-19-8-6-5-7-17(19)21-23-22(28-24-21)16-12-20(26)25(13-16)18-10-9-14(2)11-15(18)3/h5-11,16H,4,12-13H2,1-3H3. The zero-order valence-electron chi connectivity index (χ0n) is 16.3. The maximum Gasteiger partial charge on any atom is 0.232 e. The number of aromatic nitrogens is 2. The Morgan fingerprint density at radius 2 is 2.04 bits per heavy atom. The van der Waals surface area contributed by atoms with Gasteiger partial charge in [0.1, 0.15) is 5.75 Å². The maximum absolute atomic E-state index is 12.6. The largest absolute Gasteiger partial charge is 0.493 e. The molecule has 1 aliphatic rings. The van der Waals surface area contributed by atoms with E-state index in [2.05, 4.69) is 16.2 Å². The van der Waals surface area contributed by atoms with Gasteiger partial charge in [-0.25, -0.2) is 0 Å². The van der Waals surface area contributed by atoms with E-state index in [4.69, 9.17) is 9.26 Å². The van der Waals surface area contributed by atoms with Gasteiger partial charge in [-0.05, 0) is 44.5 Å². The van der Waals surface area contributed by atoms with Crippen molar-refractivity contribution >= 4 is 11.6 Å². The summed E-state index contributed by atoms with van der Waals surface area (Å²) in [6.07, 6.45) is 0.363. The van der Waals surface area contributed by atoms with E-state index in [0.717, 1.165) is 22.6 Å². The molecule has 0 bridgehead atoms. The van der Waals surface area contributed by atoms with Crippen LogP contribution in [0.3, 0.4) is 0 Å². The van der Waals surface area contributed by atoms with Crippen molar-refractivity contribution in [3.63, 3.8) is 0 Å². The van der Waals surface area contributed by atoms with E-state index < -0.39 is 0 Å². The van der Waals surface area contributed by atoms with Crippen LogP contribution < -0.4 is 9.64 Å². The Balaban J connectivity index is 1.58. The van der Waals surface area contributed by atoms with Crippen LogP contribution in [0.2, 0.25) is 0 Å². The number of hydrogen-bond donors (Lipinski definition) is 0. The van der Waals surface area contributed by atoms with Gasteiger partial charge in [0.2, 0.25) is 17.6 Å². The lowest BCUT2D eigenvalue weighted by Gasteiger charge is -2.19. The fraction of sp³-hybridized carbons (Fsp3) is 0.318. The second-order valence-electron chi connectivity index (χ2n) is 7.08. The molecule has 1 aliphatic heterocycles. The molecule has 1 atom stereocenters. The molecule has 1 unspecified atom stereocenters. The van der Waals surface area contributed by atoms with Crippen molar-refractivity contribution in [3.05, 3.63) is 59.5 Å². The number of hydrogen-bond acceptors (Lipinski definition) is 5. The Morgan fingerprint density at radius 3 is 2.82 bits per heavy atom. The smallest absolute Gasteiger partial charge is 0.232 e. The van der Waals surface area contributed by atoms with Crippen molar-refractivity contribution in [2.75, 3.05) is 18.1 Å². The van der Waals surface area contributed by atoms with Crippen LogP contribution in [0.5, 0.6) is 5.75 Å². The number of anilines is 1. The van der Waals surface area contributed by atoms with Gasteiger partial charge in [-0.1, -0.05) is 35.0 Å². The number of ether oxygens (including phenoxy) is 1. The van der Waals surface area contributed by atoms with Crippen LogP contribution in [-0.2, 0) is 4.79 Å². The van der Waals surface area contributed by atoms with Crippen LogP contribution in [0.4, 0.5) is 5.69 Å². The Kier molecular flexibility index (Phi) is 4.86. The highest BCUT2D eigenvalue weighted by atomic mass is 16.5. The fourth-order valence-electron chi connectivity index (χ4n) is 3.66. The molecule has 3 aromatic rings. The first-order valence-corrected chi connectivity index (χ1v) is 9.50. The molecular weight excluding hydrogens is 354 g/mol. The van der Waals surface area contributed by atoms with E-state index in [-0.39, 0.29) is 11.8 Å². The molecule has 0 N–H and O–H groups in total. The van der Waals surface area contributed by atoms with E-state index >= 15 is 0 Å². The van der Waals surface area contributed by atoms with Crippen LogP contribution in [-0.4, -0.2) is 29.2 Å². The lowest BCUT2D eigenvalue weighted by atomic mass is 10.1. The Bertz CT molecular complexity index is 1010. The van der Waals surface area contributed by atoms with Crippen molar-refractivity contribution in [1.82, 2.24) is 10.1 Å². The zero-order chi connectivity index (χ0) is 19.7. The van der Waals surface area contributed by atoms with Crippen molar-refractivity contribution in [3.8, 4) is 17.1 Å². The molecule has 0 spiro atoms. The van der Waals surface area contributed by atoms with Crippen molar-refractivity contribution in [2.45, 2.75) is 33.1 Å². The number of carbonyl (C=O) groups is 1. The average Bonchev–Trinajstić information content (AvgIpc) is 3.30. The van der Waals surface area contributed by atoms with Crippen LogP contribution in [0.1, 0.15) is 36.3 Å². The molecule has 1 fully saturated rings. The second kappa shape index (κ2) is 7.46. The normalized spacial score (nSPS) is 16.6. The molecule has 6 nitrogen and oxygen atoms in total. The number of aryl methyl sites for hydroxylation is 2. The van der Waals surface area contributed by atoms with Crippen molar-refractivity contribution in [2.24, 2.45) is 0 Å². The molecule has 2 aromatic carbocycles. The molecular formula is C22H23N3O3. The molecule has 144 valence electrons.